The summed E-state index contributed by atoms with van der Waals surface area (Å²) in [5.74, 6) is 1.51. The Hall–Kier alpha value is -0.760. The molecule has 6 heteroatoms. The molecule has 0 spiro atoms. The molecule has 1 N–H and O–H groups in total. The van der Waals surface area contributed by atoms with Crippen LogP contribution in [0.25, 0.3) is 11.5 Å². The van der Waals surface area contributed by atoms with Crippen LogP contribution in [-0.4, -0.2) is 22.0 Å². The maximum Gasteiger partial charge on any atom is 0.181 e. The Bertz CT molecular complexity index is 559. The third kappa shape index (κ3) is 2.80. The first-order valence-electron chi connectivity index (χ1n) is 5.58. The van der Waals surface area contributed by atoms with Crippen molar-refractivity contribution in [1.82, 2.24) is 15.0 Å². The van der Waals surface area contributed by atoms with Gasteiger partial charge in [-0.3, -0.25) is 0 Å². The van der Waals surface area contributed by atoms with Crippen molar-refractivity contribution in [2.75, 3.05) is 12.4 Å². The lowest BCUT2D eigenvalue weighted by atomic mass is 9.98. The van der Waals surface area contributed by atoms with Crippen LogP contribution in [0.2, 0.25) is 0 Å². The maximum atomic E-state index is 4.62. The van der Waals surface area contributed by atoms with Crippen LogP contribution < -0.4 is 5.32 Å². The number of thiazole rings is 1. The summed E-state index contributed by atoms with van der Waals surface area (Å²) in [6.45, 7) is 6.47. The molecule has 0 fully saturated rings. The Morgan fingerprint density at radius 2 is 2.00 bits per heavy atom. The lowest BCUT2D eigenvalue weighted by Crippen LogP contribution is -2.10. The smallest absolute Gasteiger partial charge is 0.181 e. The molecule has 0 saturated heterocycles. The van der Waals surface area contributed by atoms with Crippen LogP contribution in [-0.2, 0) is 5.41 Å². The number of hydrogen-bond acceptors (Lipinski definition) is 5. The zero-order chi connectivity index (χ0) is 13.3. The Labute approximate surface area is 124 Å². The second kappa shape index (κ2) is 5.08. The summed E-state index contributed by atoms with van der Waals surface area (Å²) in [6, 6.07) is 0. The fourth-order valence-electron chi connectivity index (χ4n) is 1.39. The zero-order valence-corrected chi connectivity index (χ0v) is 13.8. The standard InChI is InChI=1S/C12H15IN4S/c1-12(2,3)11-16-8(6-18-11)10-15-5-7(13)9(14-4)17-10/h5-6H,1-4H3,(H,14,15,17). The van der Waals surface area contributed by atoms with Crippen molar-refractivity contribution in [3.8, 4) is 11.5 Å². The van der Waals surface area contributed by atoms with E-state index in [1.54, 1.807) is 11.3 Å². The minimum Gasteiger partial charge on any atom is -0.372 e. The van der Waals surface area contributed by atoms with E-state index < -0.39 is 0 Å². The van der Waals surface area contributed by atoms with Gasteiger partial charge in [-0.05, 0) is 22.6 Å². The summed E-state index contributed by atoms with van der Waals surface area (Å²) in [4.78, 5) is 13.4. The molecule has 2 rings (SSSR count). The van der Waals surface area contributed by atoms with E-state index in [1.165, 1.54) is 0 Å². The minimum absolute atomic E-state index is 0.0674. The van der Waals surface area contributed by atoms with Crippen LogP contribution in [0, 0.1) is 3.57 Å². The highest BCUT2D eigenvalue weighted by Crippen LogP contribution is 2.29. The van der Waals surface area contributed by atoms with Crippen molar-refractivity contribution in [3.63, 3.8) is 0 Å². The van der Waals surface area contributed by atoms with Crippen molar-refractivity contribution in [1.29, 1.82) is 0 Å². The van der Waals surface area contributed by atoms with Gasteiger partial charge in [0.15, 0.2) is 5.82 Å². The molecule has 2 aromatic heterocycles. The number of rotatable bonds is 2. The van der Waals surface area contributed by atoms with Crippen LogP contribution >= 0.6 is 33.9 Å². The lowest BCUT2D eigenvalue weighted by molar-refractivity contribution is 0.586. The molecule has 0 atom stereocenters. The van der Waals surface area contributed by atoms with Gasteiger partial charge in [-0.15, -0.1) is 11.3 Å². The van der Waals surface area contributed by atoms with Gasteiger partial charge in [-0.1, -0.05) is 20.8 Å². The maximum absolute atomic E-state index is 4.62. The fraction of sp³-hybridized carbons (Fsp3) is 0.417. The van der Waals surface area contributed by atoms with Crippen LogP contribution in [0.5, 0.6) is 0 Å². The van der Waals surface area contributed by atoms with E-state index in [-0.39, 0.29) is 5.41 Å². The number of hydrogen-bond donors (Lipinski definition) is 1. The number of nitrogens with zero attached hydrogens (tertiary/aromatic N) is 3. The van der Waals surface area contributed by atoms with E-state index in [0.717, 1.165) is 20.1 Å². The fourth-order valence-corrected chi connectivity index (χ4v) is 2.80. The molecule has 0 radical (unpaired) electrons. The molecular formula is C12H15IN4S. The highest BCUT2D eigenvalue weighted by molar-refractivity contribution is 14.1. The van der Waals surface area contributed by atoms with E-state index in [2.05, 4.69) is 63.6 Å². The Morgan fingerprint density at radius 3 is 2.56 bits per heavy atom. The van der Waals surface area contributed by atoms with Crippen molar-refractivity contribution in [2.45, 2.75) is 26.2 Å². The minimum atomic E-state index is 0.0674. The van der Waals surface area contributed by atoms with Crippen molar-refractivity contribution >= 4 is 39.7 Å². The summed E-state index contributed by atoms with van der Waals surface area (Å²) in [5, 5.41) is 6.18. The van der Waals surface area contributed by atoms with Gasteiger partial charge in [0.2, 0.25) is 0 Å². The van der Waals surface area contributed by atoms with Gasteiger partial charge in [0.1, 0.15) is 11.5 Å². The SMILES string of the molecule is CNc1nc(-c2csc(C(C)(C)C)n2)ncc1I. The monoisotopic (exact) mass is 374 g/mol. The largest absolute Gasteiger partial charge is 0.372 e. The summed E-state index contributed by atoms with van der Waals surface area (Å²) in [7, 11) is 1.86. The normalized spacial score (nSPS) is 11.6. The summed E-state index contributed by atoms with van der Waals surface area (Å²) < 4.78 is 1.00. The molecule has 0 aliphatic carbocycles. The van der Waals surface area contributed by atoms with Gasteiger partial charge in [0.25, 0.3) is 0 Å². The summed E-state index contributed by atoms with van der Waals surface area (Å²) >= 11 is 3.86. The second-order valence-corrected chi connectivity index (χ2v) is 6.95. The van der Waals surface area contributed by atoms with Gasteiger partial charge < -0.3 is 5.32 Å². The second-order valence-electron chi connectivity index (χ2n) is 4.93. The average Bonchev–Trinajstić information content (AvgIpc) is 2.78. The van der Waals surface area contributed by atoms with Crippen LogP contribution in [0.1, 0.15) is 25.8 Å². The first-order valence-corrected chi connectivity index (χ1v) is 7.54. The third-order valence-corrected chi connectivity index (χ3v) is 4.41. The molecule has 2 aromatic rings. The Kier molecular flexibility index (Phi) is 3.86. The van der Waals surface area contributed by atoms with Crippen molar-refractivity contribution in [3.05, 3.63) is 20.2 Å². The van der Waals surface area contributed by atoms with Gasteiger partial charge in [0, 0.05) is 24.0 Å². The Balaban J connectivity index is 2.40. The Morgan fingerprint density at radius 1 is 1.28 bits per heavy atom. The average molecular weight is 374 g/mol. The number of anilines is 1. The van der Waals surface area contributed by atoms with E-state index in [1.807, 2.05) is 18.6 Å². The quantitative estimate of drug-likeness (QED) is 0.817. The van der Waals surface area contributed by atoms with Crippen LogP contribution in [0.15, 0.2) is 11.6 Å². The molecule has 0 saturated carbocycles. The third-order valence-electron chi connectivity index (χ3n) is 2.36. The van der Waals surface area contributed by atoms with Crippen LogP contribution in [0.3, 0.4) is 0 Å². The molecule has 0 unspecified atom stereocenters. The molecule has 0 aromatic carbocycles. The first-order chi connectivity index (χ1) is 8.41. The molecule has 4 nitrogen and oxygen atoms in total. The van der Waals surface area contributed by atoms with Crippen molar-refractivity contribution in [2.24, 2.45) is 0 Å². The number of nitrogens with one attached hydrogen (secondary N) is 1. The zero-order valence-electron chi connectivity index (χ0n) is 10.8. The predicted molar refractivity (Wildman–Crippen MR) is 84.1 cm³/mol. The molecular weight excluding hydrogens is 359 g/mol. The first kappa shape index (κ1) is 13.7. The molecule has 0 amide bonds. The summed E-state index contributed by atoms with van der Waals surface area (Å²) in [6.07, 6.45) is 1.81. The number of aromatic nitrogens is 3. The highest BCUT2D eigenvalue weighted by Gasteiger charge is 2.19. The van der Waals surface area contributed by atoms with E-state index in [0.29, 0.717) is 5.82 Å². The number of halogens is 1. The summed E-state index contributed by atoms with van der Waals surface area (Å²) in [5.41, 5.74) is 0.913. The van der Waals surface area contributed by atoms with E-state index in [9.17, 15) is 0 Å². The van der Waals surface area contributed by atoms with Crippen molar-refractivity contribution < 1.29 is 0 Å². The predicted octanol–water partition coefficient (Wildman–Crippen LogP) is 3.54. The lowest BCUT2D eigenvalue weighted by Gasteiger charge is -2.13. The molecule has 0 bridgehead atoms. The van der Waals surface area contributed by atoms with Gasteiger partial charge in [-0.25, -0.2) is 15.0 Å². The van der Waals surface area contributed by atoms with Gasteiger partial charge in [-0.2, -0.15) is 0 Å². The molecule has 96 valence electrons. The topological polar surface area (TPSA) is 50.7 Å². The van der Waals surface area contributed by atoms with E-state index >= 15 is 0 Å². The van der Waals surface area contributed by atoms with Gasteiger partial charge in [0.05, 0.1) is 8.58 Å². The molecule has 2 heterocycles. The molecule has 18 heavy (non-hydrogen) atoms. The highest BCUT2D eigenvalue weighted by atomic mass is 127. The molecule has 0 aliphatic heterocycles. The van der Waals surface area contributed by atoms with Crippen LogP contribution in [0.4, 0.5) is 5.82 Å². The van der Waals surface area contributed by atoms with E-state index in [4.69, 9.17) is 0 Å². The van der Waals surface area contributed by atoms with Gasteiger partial charge >= 0.3 is 0 Å². The molecule has 0 aliphatic rings.